The molecule has 2 heterocycles. The van der Waals surface area contributed by atoms with Crippen molar-refractivity contribution in [3.63, 3.8) is 0 Å². The number of amides is 1. The molecule has 0 unspecified atom stereocenters. The number of hydrogen-bond donors (Lipinski definition) is 0. The van der Waals surface area contributed by atoms with Crippen LogP contribution >= 0.6 is 0 Å². The van der Waals surface area contributed by atoms with Crippen molar-refractivity contribution in [2.75, 3.05) is 4.90 Å². The summed E-state index contributed by atoms with van der Waals surface area (Å²) in [6.07, 6.45) is -4.54. The molecule has 0 aliphatic carbocycles. The largest absolute Gasteiger partial charge is 0.417 e. The first-order valence-electron chi connectivity index (χ1n) is 10.1. The molecule has 1 amide bonds. The molecule has 4 rings (SSSR count). The molecule has 0 bridgehead atoms. The number of hydrogen-bond acceptors (Lipinski definition) is 3. The van der Waals surface area contributed by atoms with Crippen LogP contribution in [-0.4, -0.2) is 20.7 Å². The molecule has 0 saturated carbocycles. The summed E-state index contributed by atoms with van der Waals surface area (Å²) in [7, 11) is 0. The summed E-state index contributed by atoms with van der Waals surface area (Å²) in [5.74, 6) is -0.304. The van der Waals surface area contributed by atoms with Gasteiger partial charge in [0.25, 0.3) is 0 Å². The van der Waals surface area contributed by atoms with Gasteiger partial charge in [-0.1, -0.05) is 48.5 Å². The number of benzene rings is 2. The molecule has 0 atom stereocenters. The molecule has 5 nitrogen and oxygen atoms in total. The fourth-order valence-corrected chi connectivity index (χ4v) is 3.72. The lowest BCUT2D eigenvalue weighted by Crippen LogP contribution is -2.33. The molecule has 0 aliphatic rings. The van der Waals surface area contributed by atoms with Crippen molar-refractivity contribution < 1.29 is 18.0 Å². The molecular weight excluding hydrogens is 417 g/mol. The highest BCUT2D eigenvalue weighted by atomic mass is 19.4. The van der Waals surface area contributed by atoms with Gasteiger partial charge in [0, 0.05) is 11.4 Å². The van der Waals surface area contributed by atoms with E-state index in [4.69, 9.17) is 0 Å². The van der Waals surface area contributed by atoms with Gasteiger partial charge in [0.05, 0.1) is 23.2 Å². The lowest BCUT2D eigenvalue weighted by atomic mass is 10.1. The molecule has 0 radical (unpaired) electrons. The summed E-state index contributed by atoms with van der Waals surface area (Å²) in [6.45, 7) is 3.07. The van der Waals surface area contributed by atoms with E-state index in [-0.39, 0.29) is 34.9 Å². The third-order valence-electron chi connectivity index (χ3n) is 5.15. The van der Waals surface area contributed by atoms with Crippen LogP contribution in [0.1, 0.15) is 22.5 Å². The third-order valence-corrected chi connectivity index (χ3v) is 5.15. The number of halogens is 3. The normalized spacial score (nSPS) is 11.7. The maximum atomic E-state index is 13.6. The molecule has 0 spiro atoms. The zero-order chi connectivity index (χ0) is 22.9. The van der Waals surface area contributed by atoms with Crippen LogP contribution in [0.5, 0.6) is 0 Å². The summed E-state index contributed by atoms with van der Waals surface area (Å²) < 4.78 is 42.1. The van der Waals surface area contributed by atoms with Gasteiger partial charge in [-0.25, -0.2) is 9.67 Å². The van der Waals surface area contributed by atoms with E-state index in [9.17, 15) is 18.0 Å². The number of para-hydroxylation sites is 1. The van der Waals surface area contributed by atoms with E-state index in [0.29, 0.717) is 12.2 Å². The SMILES string of the molecule is Cc1cc(C(F)(F)F)c2c(C)nn(CC(=O)N(Cc3ccccc3)c3ccccc3)c2n1. The van der Waals surface area contributed by atoms with Gasteiger partial charge in [-0.3, -0.25) is 4.79 Å². The molecule has 2 aromatic heterocycles. The highest BCUT2D eigenvalue weighted by Gasteiger charge is 2.35. The first-order valence-corrected chi connectivity index (χ1v) is 10.1. The van der Waals surface area contributed by atoms with Crippen molar-refractivity contribution in [2.45, 2.75) is 33.1 Å². The van der Waals surface area contributed by atoms with Crippen LogP contribution in [0.4, 0.5) is 18.9 Å². The Morgan fingerprint density at radius 2 is 1.62 bits per heavy atom. The highest BCUT2D eigenvalue weighted by molar-refractivity contribution is 5.94. The van der Waals surface area contributed by atoms with Gasteiger partial charge in [-0.05, 0) is 37.6 Å². The Morgan fingerprint density at radius 3 is 2.25 bits per heavy atom. The Hall–Kier alpha value is -3.68. The molecule has 4 aromatic rings. The average molecular weight is 438 g/mol. The summed E-state index contributed by atoms with van der Waals surface area (Å²) in [5.41, 5.74) is 1.27. The number of aromatic nitrogens is 3. The zero-order valence-corrected chi connectivity index (χ0v) is 17.6. The van der Waals surface area contributed by atoms with Crippen LogP contribution in [-0.2, 0) is 24.1 Å². The Bertz CT molecular complexity index is 1250. The number of rotatable bonds is 5. The molecular formula is C24H21F3N4O. The maximum absolute atomic E-state index is 13.6. The molecule has 164 valence electrons. The van der Waals surface area contributed by atoms with E-state index >= 15 is 0 Å². The van der Waals surface area contributed by atoms with Crippen molar-refractivity contribution in [1.29, 1.82) is 0 Å². The van der Waals surface area contributed by atoms with Crippen LogP contribution in [0.15, 0.2) is 66.7 Å². The summed E-state index contributed by atoms with van der Waals surface area (Å²) in [4.78, 5) is 19.2. The van der Waals surface area contributed by atoms with Gasteiger partial charge in [-0.15, -0.1) is 0 Å². The standard InChI is InChI=1S/C24H21F3N4O/c1-16-13-20(24(25,26)27)22-17(2)29-31(23(22)28-16)15-21(32)30(19-11-7-4-8-12-19)14-18-9-5-3-6-10-18/h3-13H,14-15H2,1-2H3. The van der Waals surface area contributed by atoms with Crippen LogP contribution in [0.25, 0.3) is 11.0 Å². The second-order valence-corrected chi connectivity index (χ2v) is 7.55. The third kappa shape index (κ3) is 4.34. The number of fused-ring (bicyclic) bond motifs is 1. The zero-order valence-electron chi connectivity index (χ0n) is 17.6. The van der Waals surface area contributed by atoms with Crippen LogP contribution < -0.4 is 4.90 Å². The highest BCUT2D eigenvalue weighted by Crippen LogP contribution is 2.36. The molecule has 0 aliphatic heterocycles. The van der Waals surface area contributed by atoms with Gasteiger partial charge in [-0.2, -0.15) is 18.3 Å². The van der Waals surface area contributed by atoms with Gasteiger partial charge in [0.1, 0.15) is 6.54 Å². The Morgan fingerprint density at radius 1 is 1.00 bits per heavy atom. The van der Waals surface area contributed by atoms with E-state index < -0.39 is 11.7 Å². The second kappa shape index (κ2) is 8.45. The number of aryl methyl sites for hydroxylation is 2. The summed E-state index contributed by atoms with van der Waals surface area (Å²) in [5, 5.41) is 4.16. The van der Waals surface area contributed by atoms with Crippen LogP contribution in [0.2, 0.25) is 0 Å². The molecule has 2 aromatic carbocycles. The molecule has 0 N–H and O–H groups in total. The Balaban J connectivity index is 1.73. The predicted molar refractivity (Wildman–Crippen MR) is 116 cm³/mol. The van der Waals surface area contributed by atoms with Gasteiger partial charge in [0.15, 0.2) is 5.65 Å². The predicted octanol–water partition coefficient (Wildman–Crippen LogP) is 5.30. The minimum absolute atomic E-state index is 0.0518. The molecule has 8 heteroatoms. The summed E-state index contributed by atoms with van der Waals surface area (Å²) >= 11 is 0. The van der Waals surface area contributed by atoms with Crippen molar-refractivity contribution in [1.82, 2.24) is 14.8 Å². The minimum atomic E-state index is -4.54. The van der Waals surface area contributed by atoms with E-state index in [1.807, 2.05) is 60.7 Å². The Labute approximate surface area is 183 Å². The number of pyridine rings is 1. The van der Waals surface area contributed by atoms with Crippen LogP contribution in [0, 0.1) is 13.8 Å². The lowest BCUT2D eigenvalue weighted by molar-refractivity contribution is -0.136. The first-order chi connectivity index (χ1) is 15.2. The molecule has 32 heavy (non-hydrogen) atoms. The fourth-order valence-electron chi connectivity index (χ4n) is 3.72. The van der Waals surface area contributed by atoms with Gasteiger partial charge < -0.3 is 4.90 Å². The van der Waals surface area contributed by atoms with E-state index in [1.54, 1.807) is 4.90 Å². The number of carbonyl (C=O) groups is 1. The smallest absolute Gasteiger partial charge is 0.306 e. The average Bonchev–Trinajstić information content (AvgIpc) is 3.06. The number of anilines is 1. The van der Waals surface area contributed by atoms with Crippen molar-refractivity contribution in [3.8, 4) is 0 Å². The van der Waals surface area contributed by atoms with Crippen LogP contribution in [0.3, 0.4) is 0 Å². The topological polar surface area (TPSA) is 51.0 Å². The second-order valence-electron chi connectivity index (χ2n) is 7.55. The van der Waals surface area contributed by atoms with E-state index in [1.165, 1.54) is 18.5 Å². The number of nitrogens with zero attached hydrogens (tertiary/aromatic N) is 4. The molecule has 0 saturated heterocycles. The van der Waals surface area contributed by atoms with Gasteiger partial charge in [0.2, 0.25) is 5.91 Å². The fraction of sp³-hybridized carbons (Fsp3) is 0.208. The Kier molecular flexibility index (Phi) is 5.69. The van der Waals surface area contributed by atoms with E-state index in [0.717, 1.165) is 11.6 Å². The van der Waals surface area contributed by atoms with Crippen molar-refractivity contribution in [2.24, 2.45) is 0 Å². The number of carbonyl (C=O) groups excluding carboxylic acids is 1. The molecule has 0 fully saturated rings. The van der Waals surface area contributed by atoms with Crippen molar-refractivity contribution >= 4 is 22.6 Å². The number of alkyl halides is 3. The maximum Gasteiger partial charge on any atom is 0.417 e. The summed E-state index contributed by atoms with van der Waals surface area (Å²) in [6, 6.07) is 19.6. The van der Waals surface area contributed by atoms with Crippen molar-refractivity contribution in [3.05, 3.63) is 89.2 Å². The lowest BCUT2D eigenvalue weighted by Gasteiger charge is -2.23. The monoisotopic (exact) mass is 438 g/mol. The minimum Gasteiger partial charge on any atom is -0.306 e. The van der Waals surface area contributed by atoms with Gasteiger partial charge >= 0.3 is 6.18 Å². The first kappa shape index (κ1) is 21.5. The quantitative estimate of drug-likeness (QED) is 0.425. The van der Waals surface area contributed by atoms with E-state index in [2.05, 4.69) is 10.1 Å².